The Kier molecular flexibility index (Phi) is 10.7. The van der Waals surface area contributed by atoms with Crippen LogP contribution in [0, 0.1) is 0 Å². The minimum absolute atomic E-state index is 0.0442. The van der Waals surface area contributed by atoms with E-state index in [0.717, 1.165) is 81.2 Å². The third-order valence-corrected chi connectivity index (χ3v) is 9.02. The number of aromatic nitrogens is 1. The van der Waals surface area contributed by atoms with Gasteiger partial charge in [0.25, 0.3) is 0 Å². The highest BCUT2D eigenvalue weighted by atomic mass is 16.6. The van der Waals surface area contributed by atoms with Crippen molar-refractivity contribution in [1.82, 2.24) is 4.57 Å². The topological polar surface area (TPSA) is 175 Å². The van der Waals surface area contributed by atoms with Gasteiger partial charge in [0.1, 0.15) is 11.1 Å². The van der Waals surface area contributed by atoms with Crippen molar-refractivity contribution in [2.75, 3.05) is 42.7 Å². The maximum absolute atomic E-state index is 14.2. The lowest BCUT2D eigenvalue weighted by atomic mass is 9.78. The Balaban J connectivity index is 2.47. The van der Waals surface area contributed by atoms with Gasteiger partial charge in [-0.25, -0.2) is 19.2 Å². The molecule has 1 aromatic rings. The molecule has 0 amide bonds. The smallest absolute Gasteiger partial charge is 0.342 e. The normalized spacial score (nSPS) is 18.3. The quantitative estimate of drug-likeness (QED) is 0.230. The number of hydrogen-bond acceptors (Lipinski definition) is 13. The van der Waals surface area contributed by atoms with Crippen LogP contribution < -0.4 is 5.49 Å². The Morgan fingerprint density at radius 3 is 1.57 bits per heavy atom. The molecular formula is C32H40N2O12. The summed E-state index contributed by atoms with van der Waals surface area (Å²) in [5.74, 6) is -7.18. The van der Waals surface area contributed by atoms with Crippen LogP contribution in [0.15, 0.2) is 10.6 Å². The Labute approximate surface area is 266 Å². The predicted molar refractivity (Wildman–Crippen MR) is 158 cm³/mol. The highest BCUT2D eigenvalue weighted by Gasteiger charge is 2.66. The van der Waals surface area contributed by atoms with Crippen molar-refractivity contribution < 1.29 is 57.2 Å². The highest BCUT2D eigenvalue weighted by molar-refractivity contribution is 6.34. The zero-order chi connectivity index (χ0) is 33.8. The first-order valence-corrected chi connectivity index (χ1v) is 15.2. The van der Waals surface area contributed by atoms with E-state index >= 15 is 0 Å². The van der Waals surface area contributed by atoms with Crippen molar-refractivity contribution in [2.24, 2.45) is 4.99 Å². The fourth-order valence-corrected chi connectivity index (χ4v) is 7.00. The fraction of sp³-hybridized carbons (Fsp3) is 0.594. The summed E-state index contributed by atoms with van der Waals surface area (Å²) >= 11 is 0. The van der Waals surface area contributed by atoms with Crippen molar-refractivity contribution in [3.63, 3.8) is 0 Å². The van der Waals surface area contributed by atoms with Crippen molar-refractivity contribution in [3.05, 3.63) is 33.4 Å². The monoisotopic (exact) mass is 644 g/mol. The third kappa shape index (κ3) is 5.47. The van der Waals surface area contributed by atoms with Crippen LogP contribution >= 0.6 is 0 Å². The van der Waals surface area contributed by atoms with E-state index in [9.17, 15) is 28.8 Å². The second-order valence-corrected chi connectivity index (χ2v) is 11.3. The SMILES string of the molecule is COC(=O)C1=C(C(=O)OC)C(C(=O)OC)(C(=O)OC)c2c1c(C(=O)OC)c(C(=O)OC)c(=NC1CCCCC1)n2C1CCCCC1. The van der Waals surface area contributed by atoms with Crippen molar-refractivity contribution in [2.45, 2.75) is 81.7 Å². The van der Waals surface area contributed by atoms with E-state index in [2.05, 4.69) is 0 Å². The molecule has 1 aromatic heterocycles. The van der Waals surface area contributed by atoms with Gasteiger partial charge in [-0.05, 0) is 25.7 Å². The third-order valence-electron chi connectivity index (χ3n) is 9.02. The summed E-state index contributed by atoms with van der Waals surface area (Å²) in [6.07, 6.45) is 7.50. The highest BCUT2D eigenvalue weighted by Crippen LogP contribution is 2.52. The van der Waals surface area contributed by atoms with Gasteiger partial charge in [0, 0.05) is 11.6 Å². The molecular weight excluding hydrogens is 604 g/mol. The van der Waals surface area contributed by atoms with Crippen LogP contribution in [0.25, 0.3) is 5.57 Å². The first-order chi connectivity index (χ1) is 22.1. The molecule has 0 aliphatic heterocycles. The van der Waals surface area contributed by atoms with Crippen LogP contribution in [0.5, 0.6) is 0 Å². The van der Waals surface area contributed by atoms with Crippen LogP contribution in [0.1, 0.15) is 102 Å². The molecule has 0 radical (unpaired) electrons. The lowest BCUT2D eigenvalue weighted by molar-refractivity contribution is -0.162. The number of esters is 6. The Hall–Kier alpha value is -4.49. The molecule has 14 heteroatoms. The molecule has 2 saturated carbocycles. The summed E-state index contributed by atoms with van der Waals surface area (Å²) in [4.78, 5) is 88.5. The molecule has 0 bridgehead atoms. The van der Waals surface area contributed by atoms with Gasteiger partial charge in [-0.2, -0.15) is 0 Å². The lowest BCUT2D eigenvalue weighted by Gasteiger charge is -2.35. The number of carbonyl (C=O) groups excluding carboxylic acids is 6. The summed E-state index contributed by atoms with van der Waals surface area (Å²) in [5.41, 5.74) is -5.92. The molecule has 0 unspecified atom stereocenters. The molecule has 250 valence electrons. The van der Waals surface area contributed by atoms with E-state index in [4.69, 9.17) is 33.4 Å². The number of carbonyl (C=O) groups is 6. The average molecular weight is 645 g/mol. The average Bonchev–Trinajstić information content (AvgIpc) is 3.41. The van der Waals surface area contributed by atoms with Gasteiger partial charge in [-0.15, -0.1) is 0 Å². The minimum Gasteiger partial charge on any atom is -0.468 e. The van der Waals surface area contributed by atoms with E-state index in [1.165, 1.54) is 4.57 Å². The molecule has 0 spiro atoms. The number of pyridine rings is 1. The maximum atomic E-state index is 14.2. The summed E-state index contributed by atoms with van der Waals surface area (Å²) in [6, 6.07) is -0.805. The van der Waals surface area contributed by atoms with E-state index in [-0.39, 0.29) is 22.8 Å². The molecule has 0 saturated heterocycles. The maximum Gasteiger partial charge on any atom is 0.342 e. The van der Waals surface area contributed by atoms with Crippen LogP contribution in [0.3, 0.4) is 0 Å². The summed E-state index contributed by atoms with van der Waals surface area (Å²) < 4.78 is 32.3. The number of nitrogens with zero attached hydrogens (tertiary/aromatic N) is 2. The molecule has 2 fully saturated rings. The number of rotatable bonds is 8. The van der Waals surface area contributed by atoms with Crippen LogP contribution in [-0.4, -0.2) is 89.1 Å². The van der Waals surface area contributed by atoms with E-state index in [0.29, 0.717) is 25.7 Å². The minimum atomic E-state index is -2.80. The van der Waals surface area contributed by atoms with Gasteiger partial charge < -0.3 is 33.0 Å². The van der Waals surface area contributed by atoms with Gasteiger partial charge >= 0.3 is 35.8 Å². The molecule has 1 heterocycles. The number of ether oxygens (including phenoxy) is 6. The van der Waals surface area contributed by atoms with Gasteiger partial charge in [0.05, 0.1) is 71.1 Å². The predicted octanol–water partition coefficient (Wildman–Crippen LogP) is 2.50. The van der Waals surface area contributed by atoms with Gasteiger partial charge in [0.15, 0.2) is 0 Å². The molecule has 14 nitrogen and oxygen atoms in total. The molecule has 4 rings (SSSR count). The number of methoxy groups -OCH3 is 6. The molecule has 0 aromatic carbocycles. The standard InChI is InChI=1S/C32H40N2O12/c1-41-26(35)20-19-21(27(36)42-2)23(29(38)44-4)32(30(39)45-5,31(40)46-6)24(19)34(18-15-11-8-12-16-18)25(22(20)28(37)43-3)33-17-13-9-7-10-14-17/h17-18H,7-16H2,1-6H3. The summed E-state index contributed by atoms with van der Waals surface area (Å²) in [7, 11) is 6.19. The first kappa shape index (κ1) is 34.4. The van der Waals surface area contributed by atoms with E-state index < -0.39 is 69.5 Å². The number of fused-ring (bicyclic) bond motifs is 1. The molecule has 0 atom stereocenters. The van der Waals surface area contributed by atoms with Gasteiger partial charge in [-0.1, -0.05) is 38.5 Å². The molecule has 3 aliphatic rings. The van der Waals surface area contributed by atoms with Gasteiger partial charge in [-0.3, -0.25) is 14.6 Å². The van der Waals surface area contributed by atoms with Crippen molar-refractivity contribution in [3.8, 4) is 0 Å². The summed E-state index contributed by atoms with van der Waals surface area (Å²) in [5, 5.41) is 0. The Morgan fingerprint density at radius 1 is 0.609 bits per heavy atom. The van der Waals surface area contributed by atoms with Crippen LogP contribution in [-0.2, 0) is 53.0 Å². The molecule has 0 N–H and O–H groups in total. The van der Waals surface area contributed by atoms with Gasteiger partial charge in [0.2, 0.25) is 5.41 Å². The lowest BCUT2D eigenvalue weighted by Crippen LogP contribution is -2.52. The molecule has 3 aliphatic carbocycles. The van der Waals surface area contributed by atoms with Crippen LogP contribution in [0.4, 0.5) is 0 Å². The van der Waals surface area contributed by atoms with Crippen molar-refractivity contribution >= 4 is 41.4 Å². The Bertz CT molecular complexity index is 1520. The van der Waals surface area contributed by atoms with E-state index in [1.807, 2.05) is 0 Å². The summed E-state index contributed by atoms with van der Waals surface area (Å²) in [6.45, 7) is 0. The largest absolute Gasteiger partial charge is 0.468 e. The van der Waals surface area contributed by atoms with Crippen molar-refractivity contribution in [1.29, 1.82) is 0 Å². The second-order valence-electron chi connectivity index (χ2n) is 11.3. The number of hydrogen-bond donors (Lipinski definition) is 0. The first-order valence-electron chi connectivity index (χ1n) is 15.2. The second kappa shape index (κ2) is 14.3. The Morgan fingerprint density at radius 2 is 1.09 bits per heavy atom. The zero-order valence-corrected chi connectivity index (χ0v) is 27.0. The molecule has 46 heavy (non-hydrogen) atoms. The van der Waals surface area contributed by atoms with Crippen LogP contribution in [0.2, 0.25) is 0 Å². The zero-order valence-electron chi connectivity index (χ0n) is 27.0. The van der Waals surface area contributed by atoms with E-state index in [1.54, 1.807) is 0 Å². The fourth-order valence-electron chi connectivity index (χ4n) is 7.00.